The van der Waals surface area contributed by atoms with E-state index in [0.717, 1.165) is 35.2 Å². The van der Waals surface area contributed by atoms with Gasteiger partial charge in [-0.15, -0.1) is 0 Å². The Kier molecular flexibility index (Phi) is 10.7. The van der Waals surface area contributed by atoms with Crippen molar-refractivity contribution in [2.45, 2.75) is 81.2 Å². The number of amides is 1. The number of pyridine rings is 1. The topological polar surface area (TPSA) is 169 Å². The van der Waals surface area contributed by atoms with Crippen molar-refractivity contribution in [3.05, 3.63) is 118 Å². The molecule has 3 aromatic carbocycles. The van der Waals surface area contributed by atoms with Gasteiger partial charge in [0.1, 0.15) is 16.9 Å². The first-order valence-corrected chi connectivity index (χ1v) is 22.6. The summed E-state index contributed by atoms with van der Waals surface area (Å²) >= 11 is 0. The molecule has 0 bridgehead atoms. The van der Waals surface area contributed by atoms with Gasteiger partial charge < -0.3 is 29.9 Å². The highest BCUT2D eigenvalue weighted by Gasteiger charge is 2.44. The number of hydrogen-bond acceptors (Lipinski definition) is 10. The first kappa shape index (κ1) is 41.7. The lowest BCUT2D eigenvalue weighted by atomic mass is 9.86. The van der Waals surface area contributed by atoms with Crippen LogP contribution in [0.4, 0.5) is 15.1 Å². The SMILES string of the molecule is Cc1ccc(S(=O)(=O)n2ccc3c(-c4ccc5nc(N6CCC(N7C[C@@H](C)N(C(=O)O)C[C@@H]7C)CC6)nc(C(CN)(OC6CC6)c6cccc(F)c6)c5c4)cn(C)c(=O)c32)cc1. The van der Waals surface area contributed by atoms with E-state index in [-0.39, 0.29) is 41.2 Å². The highest BCUT2D eigenvalue weighted by Crippen LogP contribution is 2.43. The number of ether oxygens (including phenoxy) is 1. The quantitative estimate of drug-likeness (QED) is 0.164. The van der Waals surface area contributed by atoms with E-state index in [1.807, 2.05) is 32.0 Å². The molecule has 1 aliphatic carbocycles. The Balaban J connectivity index is 1.16. The fraction of sp³-hybridized carbons (Fsp3) is 0.391. The summed E-state index contributed by atoms with van der Waals surface area (Å²) in [6.45, 7) is 8.31. The average molecular weight is 863 g/mol. The van der Waals surface area contributed by atoms with Crippen molar-refractivity contribution >= 4 is 43.9 Å². The zero-order valence-electron chi connectivity index (χ0n) is 35.2. The number of aromatic nitrogens is 4. The molecular weight excluding hydrogens is 812 g/mol. The lowest BCUT2D eigenvalue weighted by Gasteiger charge is -2.48. The van der Waals surface area contributed by atoms with Gasteiger partial charge in [-0.1, -0.05) is 35.9 Å². The molecule has 0 spiro atoms. The fourth-order valence-corrected chi connectivity index (χ4v) is 10.7. The molecule has 3 N–H and O–H groups in total. The molecule has 5 heterocycles. The predicted octanol–water partition coefficient (Wildman–Crippen LogP) is 6.06. The van der Waals surface area contributed by atoms with Gasteiger partial charge in [-0.05, 0) is 100 Å². The molecule has 1 amide bonds. The molecule has 6 aromatic rings. The third-order valence-electron chi connectivity index (χ3n) is 12.9. The van der Waals surface area contributed by atoms with Gasteiger partial charge in [0.2, 0.25) is 5.95 Å². The maximum atomic E-state index is 15.2. The minimum absolute atomic E-state index is 0.0154. The van der Waals surface area contributed by atoms with Crippen molar-refractivity contribution in [3.8, 4) is 11.1 Å². The van der Waals surface area contributed by atoms with Crippen LogP contribution in [-0.4, -0.2) is 105 Å². The molecule has 1 saturated carbocycles. The van der Waals surface area contributed by atoms with E-state index in [1.165, 1.54) is 39.9 Å². The van der Waals surface area contributed by atoms with Crippen molar-refractivity contribution in [1.29, 1.82) is 0 Å². The molecule has 14 nitrogen and oxygen atoms in total. The van der Waals surface area contributed by atoms with Crippen LogP contribution < -0.4 is 16.2 Å². The number of piperazine rings is 1. The normalized spacial score (nSPS) is 20.2. The number of halogens is 1. The van der Waals surface area contributed by atoms with Crippen molar-refractivity contribution in [1.82, 2.24) is 28.3 Å². The molecule has 324 valence electrons. The largest absolute Gasteiger partial charge is 0.465 e. The molecule has 62 heavy (non-hydrogen) atoms. The molecule has 3 aliphatic rings. The van der Waals surface area contributed by atoms with Gasteiger partial charge in [-0.25, -0.2) is 31.5 Å². The molecular formula is C46H51FN8O6S. The summed E-state index contributed by atoms with van der Waals surface area (Å²) in [6.07, 6.45) is 5.40. The summed E-state index contributed by atoms with van der Waals surface area (Å²) in [5.74, 6) is 0.0545. The van der Waals surface area contributed by atoms with Crippen LogP contribution in [0.5, 0.6) is 0 Å². The van der Waals surface area contributed by atoms with E-state index >= 15 is 4.39 Å². The fourth-order valence-electron chi connectivity index (χ4n) is 9.38. The van der Waals surface area contributed by atoms with E-state index in [2.05, 4.69) is 16.7 Å². The van der Waals surface area contributed by atoms with Crippen LogP contribution in [0, 0.1) is 12.7 Å². The number of anilines is 1. The second kappa shape index (κ2) is 15.9. The zero-order valence-corrected chi connectivity index (χ0v) is 36.1. The number of aryl methyl sites for hydroxylation is 2. The van der Waals surface area contributed by atoms with Crippen molar-refractivity contribution < 1.29 is 27.4 Å². The standard InChI is InChI=1S/C46H51FN8O6S/c1-28-8-13-36(14-9-28)62(59,60)55-21-18-37-39(26-51(4)43(56)41(37)55)31-10-15-40-38(22-31)42(46(27-48,61-35-11-12-35)32-6-5-7-33(47)23-32)50-44(49-40)52-19-16-34(17-20-52)53-24-30(3)54(45(57)58)25-29(53)2/h5-10,13-15,18,21-23,26,29-30,34-35H,11-12,16-17,19-20,24-25,27,48H2,1-4H3,(H,57,58)/t29-,30+,46?/m0/s1. The number of fused-ring (bicyclic) bond motifs is 2. The van der Waals surface area contributed by atoms with Gasteiger partial charge in [0.25, 0.3) is 15.6 Å². The number of nitrogens with two attached hydrogens (primary N) is 1. The van der Waals surface area contributed by atoms with Crippen LogP contribution in [0.1, 0.15) is 56.4 Å². The number of hydrogen-bond donors (Lipinski definition) is 2. The van der Waals surface area contributed by atoms with Crippen LogP contribution in [0.25, 0.3) is 32.9 Å². The van der Waals surface area contributed by atoms with E-state index in [4.69, 9.17) is 20.4 Å². The lowest BCUT2D eigenvalue weighted by Crippen LogP contribution is -2.61. The third-order valence-corrected chi connectivity index (χ3v) is 14.6. The summed E-state index contributed by atoms with van der Waals surface area (Å²) in [7, 11) is -2.53. The molecule has 2 aliphatic heterocycles. The first-order valence-electron chi connectivity index (χ1n) is 21.2. The van der Waals surface area contributed by atoms with Crippen LogP contribution in [0.3, 0.4) is 0 Å². The van der Waals surface area contributed by atoms with Crippen LogP contribution in [-0.2, 0) is 27.4 Å². The molecule has 3 fully saturated rings. The molecule has 3 aromatic heterocycles. The lowest BCUT2D eigenvalue weighted by molar-refractivity contribution is -0.0260. The summed E-state index contributed by atoms with van der Waals surface area (Å²) < 4.78 is 52.5. The maximum Gasteiger partial charge on any atom is 0.407 e. The van der Waals surface area contributed by atoms with E-state index in [0.29, 0.717) is 70.8 Å². The van der Waals surface area contributed by atoms with Gasteiger partial charge in [0.05, 0.1) is 22.2 Å². The van der Waals surface area contributed by atoms with Crippen LogP contribution >= 0.6 is 0 Å². The second-order valence-corrected chi connectivity index (χ2v) is 19.0. The number of carboxylic acid groups (broad SMARTS) is 1. The van der Waals surface area contributed by atoms with Crippen molar-refractivity contribution in [3.63, 3.8) is 0 Å². The summed E-state index contributed by atoms with van der Waals surface area (Å²) in [5.41, 5.74) is 8.74. The average Bonchev–Trinajstić information content (AvgIpc) is 3.97. The van der Waals surface area contributed by atoms with Crippen molar-refractivity contribution in [2.75, 3.05) is 37.6 Å². The highest BCUT2D eigenvalue weighted by molar-refractivity contribution is 7.90. The molecule has 2 saturated heterocycles. The molecule has 9 rings (SSSR count). The minimum atomic E-state index is -4.13. The van der Waals surface area contributed by atoms with Gasteiger partial charge >= 0.3 is 6.09 Å². The number of rotatable bonds is 10. The van der Waals surface area contributed by atoms with Gasteiger partial charge in [0, 0.05) is 86.6 Å². The smallest absolute Gasteiger partial charge is 0.407 e. The van der Waals surface area contributed by atoms with Crippen molar-refractivity contribution in [2.24, 2.45) is 12.8 Å². The molecule has 16 heteroatoms. The summed E-state index contributed by atoms with van der Waals surface area (Å²) in [4.78, 5) is 42.3. The number of benzene rings is 3. The molecule has 1 unspecified atom stereocenters. The van der Waals surface area contributed by atoms with E-state index < -0.39 is 33.1 Å². The Labute approximate surface area is 359 Å². The Morgan fingerprint density at radius 1 is 0.952 bits per heavy atom. The maximum absolute atomic E-state index is 15.2. The Hall–Kier alpha value is -5.68. The van der Waals surface area contributed by atoms with Gasteiger partial charge in [-0.2, -0.15) is 0 Å². The Morgan fingerprint density at radius 3 is 2.37 bits per heavy atom. The number of nitrogens with zero attached hydrogens (tertiary/aromatic N) is 7. The van der Waals surface area contributed by atoms with E-state index in [9.17, 15) is 23.1 Å². The van der Waals surface area contributed by atoms with Crippen LogP contribution in [0.2, 0.25) is 0 Å². The third kappa shape index (κ3) is 7.31. The number of piperidine rings is 1. The van der Waals surface area contributed by atoms with Crippen LogP contribution in [0.15, 0.2) is 94.9 Å². The number of carbonyl (C=O) groups is 1. The Morgan fingerprint density at radius 2 is 1.69 bits per heavy atom. The zero-order chi connectivity index (χ0) is 43.7. The highest BCUT2D eigenvalue weighted by atomic mass is 32.2. The monoisotopic (exact) mass is 862 g/mol. The second-order valence-electron chi connectivity index (χ2n) is 17.2. The predicted molar refractivity (Wildman–Crippen MR) is 235 cm³/mol. The molecule has 3 atom stereocenters. The summed E-state index contributed by atoms with van der Waals surface area (Å²) in [6, 6.07) is 20.4. The van der Waals surface area contributed by atoms with E-state index in [1.54, 1.807) is 43.6 Å². The molecule has 0 radical (unpaired) electrons. The minimum Gasteiger partial charge on any atom is -0.465 e. The summed E-state index contributed by atoms with van der Waals surface area (Å²) in [5, 5.41) is 10.8. The van der Waals surface area contributed by atoms with Gasteiger partial charge in [-0.3, -0.25) is 9.69 Å². The Bertz CT molecular complexity index is 2870. The van der Waals surface area contributed by atoms with Gasteiger partial charge in [0.15, 0.2) is 0 Å². The first-order chi connectivity index (χ1) is 29.7.